The Morgan fingerprint density at radius 2 is 1.97 bits per heavy atom. The van der Waals surface area contributed by atoms with Gasteiger partial charge in [0.05, 0.1) is 11.4 Å². The topological polar surface area (TPSA) is 121 Å². The van der Waals surface area contributed by atoms with Crippen LogP contribution < -0.4 is 26.8 Å². The monoisotopic (exact) mass is 473 g/mol. The van der Waals surface area contributed by atoms with Gasteiger partial charge in [0.25, 0.3) is 5.56 Å². The van der Waals surface area contributed by atoms with E-state index < -0.39 is 11.2 Å². The molecular weight excluding hydrogens is 442 g/mol. The molecule has 3 rings (SSSR count). The molecule has 0 spiro atoms. The molecule has 178 valence electrons. The van der Waals surface area contributed by atoms with Crippen molar-refractivity contribution in [1.82, 2.24) is 9.55 Å². The molecule has 1 aliphatic heterocycles. The lowest BCUT2D eigenvalue weighted by atomic mass is 10.2. The van der Waals surface area contributed by atoms with Crippen molar-refractivity contribution in [3.05, 3.63) is 45.1 Å². The van der Waals surface area contributed by atoms with Crippen molar-refractivity contribution < 1.29 is 9.59 Å². The zero-order valence-electron chi connectivity index (χ0n) is 19.3. The number of carbonyl (C=O) groups is 2. The highest BCUT2D eigenvalue weighted by atomic mass is 32.2. The number of rotatable bonds is 9. The normalized spacial score (nSPS) is 13.3. The molecule has 2 aromatic rings. The molecule has 1 aromatic heterocycles. The summed E-state index contributed by atoms with van der Waals surface area (Å²) in [6, 6.07) is 7.59. The van der Waals surface area contributed by atoms with Crippen LogP contribution in [0.15, 0.2) is 38.8 Å². The number of nitrogens with zero attached hydrogens (tertiary/aromatic N) is 3. The fraction of sp³-hybridized carbons (Fsp3) is 0.478. The number of para-hydroxylation sites is 1. The Kier molecular flexibility index (Phi) is 8.01. The van der Waals surface area contributed by atoms with Gasteiger partial charge in [-0.25, -0.2) is 4.79 Å². The Balaban J connectivity index is 1.90. The zero-order chi connectivity index (χ0) is 24.1. The highest BCUT2D eigenvalue weighted by Gasteiger charge is 2.28. The Hall–Kier alpha value is -3.01. The van der Waals surface area contributed by atoms with Gasteiger partial charge in [-0.15, -0.1) is 11.8 Å². The summed E-state index contributed by atoms with van der Waals surface area (Å²) in [4.78, 5) is 57.2. The van der Waals surface area contributed by atoms with E-state index in [4.69, 9.17) is 5.73 Å². The van der Waals surface area contributed by atoms with Crippen LogP contribution in [-0.2, 0) is 16.1 Å². The minimum Gasteiger partial charge on any atom is -0.383 e. The van der Waals surface area contributed by atoms with Crippen molar-refractivity contribution in [2.24, 2.45) is 5.92 Å². The number of thioether (sulfide) groups is 1. The Morgan fingerprint density at radius 3 is 2.67 bits per heavy atom. The van der Waals surface area contributed by atoms with Crippen LogP contribution in [-0.4, -0.2) is 40.2 Å². The number of benzene rings is 1. The molecule has 10 heteroatoms. The summed E-state index contributed by atoms with van der Waals surface area (Å²) < 4.78 is 1.30. The summed E-state index contributed by atoms with van der Waals surface area (Å²) in [6.45, 7) is 6.66. The van der Waals surface area contributed by atoms with Crippen molar-refractivity contribution >= 4 is 40.8 Å². The lowest BCUT2D eigenvalue weighted by Gasteiger charge is -2.30. The molecular formula is C23H31N5O4S. The standard InChI is InChI=1S/C23H31N5O4S/c1-4-5-11-27(20-21(24)28(13-15(2)3)23(32)25-22(20)31)18(29)10-12-26-16-8-6-7-9-17(16)33-14-19(26)30/h6-9,15H,4-5,10-14,24H2,1-3H3,(H,25,31,32). The van der Waals surface area contributed by atoms with E-state index >= 15 is 0 Å². The number of aromatic nitrogens is 2. The largest absolute Gasteiger partial charge is 0.383 e. The highest BCUT2D eigenvalue weighted by Crippen LogP contribution is 2.35. The second-order valence-electron chi connectivity index (χ2n) is 8.45. The summed E-state index contributed by atoms with van der Waals surface area (Å²) >= 11 is 1.48. The van der Waals surface area contributed by atoms with Crippen LogP contribution in [0.5, 0.6) is 0 Å². The van der Waals surface area contributed by atoms with Crippen LogP contribution in [0.3, 0.4) is 0 Å². The van der Waals surface area contributed by atoms with Gasteiger partial charge < -0.3 is 15.5 Å². The van der Waals surface area contributed by atoms with Crippen LogP contribution in [0.1, 0.15) is 40.0 Å². The fourth-order valence-corrected chi connectivity index (χ4v) is 4.74. The SMILES string of the molecule is CCCCN(C(=O)CCN1C(=O)CSc2ccccc21)c1c(N)n(CC(C)C)c(=O)[nH]c1=O. The lowest BCUT2D eigenvalue weighted by molar-refractivity contribution is -0.118. The number of aromatic amines is 1. The first kappa shape index (κ1) is 24.6. The van der Waals surface area contributed by atoms with Crippen LogP contribution in [0.4, 0.5) is 17.2 Å². The number of H-pyrrole nitrogens is 1. The van der Waals surface area contributed by atoms with Gasteiger partial charge in [-0.2, -0.15) is 0 Å². The average molecular weight is 474 g/mol. The van der Waals surface area contributed by atoms with E-state index in [0.29, 0.717) is 25.3 Å². The number of anilines is 3. The Labute approximate surface area is 197 Å². The summed E-state index contributed by atoms with van der Waals surface area (Å²) in [7, 11) is 0. The van der Waals surface area contributed by atoms with Gasteiger partial charge in [0.1, 0.15) is 5.82 Å². The van der Waals surface area contributed by atoms with Gasteiger partial charge >= 0.3 is 5.69 Å². The molecule has 0 bridgehead atoms. The number of nitrogens with one attached hydrogen (secondary N) is 1. The number of nitrogens with two attached hydrogens (primary N) is 1. The van der Waals surface area contributed by atoms with Crippen LogP contribution in [0.25, 0.3) is 0 Å². The van der Waals surface area contributed by atoms with E-state index in [1.165, 1.54) is 21.2 Å². The van der Waals surface area contributed by atoms with Crippen molar-refractivity contribution in [1.29, 1.82) is 0 Å². The van der Waals surface area contributed by atoms with E-state index in [-0.39, 0.29) is 42.2 Å². The lowest BCUT2D eigenvalue weighted by Crippen LogP contribution is -2.44. The minimum atomic E-state index is -0.683. The molecule has 0 fully saturated rings. The summed E-state index contributed by atoms with van der Waals surface area (Å²) in [5.41, 5.74) is 5.76. The summed E-state index contributed by atoms with van der Waals surface area (Å²) in [6.07, 6.45) is 1.50. The van der Waals surface area contributed by atoms with E-state index in [9.17, 15) is 19.2 Å². The molecule has 0 saturated carbocycles. The van der Waals surface area contributed by atoms with Gasteiger partial charge in [-0.05, 0) is 24.5 Å². The molecule has 2 amide bonds. The maximum atomic E-state index is 13.3. The van der Waals surface area contributed by atoms with Gasteiger partial charge in [0, 0.05) is 31.0 Å². The highest BCUT2D eigenvalue weighted by molar-refractivity contribution is 8.00. The number of nitrogen functional groups attached to an aromatic ring is 1. The first-order valence-corrected chi connectivity index (χ1v) is 12.2. The maximum absolute atomic E-state index is 13.3. The molecule has 33 heavy (non-hydrogen) atoms. The fourth-order valence-electron chi connectivity index (χ4n) is 3.80. The van der Waals surface area contributed by atoms with E-state index in [1.807, 2.05) is 45.0 Å². The first-order valence-electron chi connectivity index (χ1n) is 11.2. The van der Waals surface area contributed by atoms with E-state index in [1.54, 1.807) is 4.90 Å². The Morgan fingerprint density at radius 1 is 1.24 bits per heavy atom. The zero-order valence-corrected chi connectivity index (χ0v) is 20.1. The first-order chi connectivity index (χ1) is 15.7. The smallest absolute Gasteiger partial charge is 0.330 e. The molecule has 0 unspecified atom stereocenters. The van der Waals surface area contributed by atoms with Crippen LogP contribution >= 0.6 is 11.8 Å². The average Bonchev–Trinajstić information content (AvgIpc) is 2.77. The number of hydrogen-bond donors (Lipinski definition) is 2. The maximum Gasteiger partial charge on any atom is 0.330 e. The number of unbranched alkanes of at least 4 members (excludes halogenated alkanes) is 1. The number of fused-ring (bicyclic) bond motifs is 1. The predicted octanol–water partition coefficient (Wildman–Crippen LogP) is 2.44. The minimum absolute atomic E-state index is 0.00498. The van der Waals surface area contributed by atoms with Gasteiger partial charge in [0.15, 0.2) is 5.69 Å². The predicted molar refractivity (Wildman–Crippen MR) is 132 cm³/mol. The van der Waals surface area contributed by atoms with Crippen molar-refractivity contribution in [3.63, 3.8) is 0 Å². The Bertz CT molecular complexity index is 1140. The van der Waals surface area contributed by atoms with Crippen LogP contribution in [0, 0.1) is 5.92 Å². The van der Waals surface area contributed by atoms with Gasteiger partial charge in [0.2, 0.25) is 11.8 Å². The second kappa shape index (κ2) is 10.7. The third kappa shape index (κ3) is 5.50. The van der Waals surface area contributed by atoms with Crippen molar-refractivity contribution in [2.75, 3.05) is 34.4 Å². The third-order valence-electron chi connectivity index (χ3n) is 5.43. The molecule has 0 saturated heterocycles. The number of carbonyl (C=O) groups excluding carboxylic acids is 2. The third-order valence-corrected chi connectivity index (χ3v) is 6.47. The summed E-state index contributed by atoms with van der Waals surface area (Å²) in [5, 5.41) is 0. The van der Waals surface area contributed by atoms with Crippen molar-refractivity contribution in [3.8, 4) is 0 Å². The molecule has 0 atom stereocenters. The van der Waals surface area contributed by atoms with E-state index in [2.05, 4.69) is 4.98 Å². The van der Waals surface area contributed by atoms with Crippen molar-refractivity contribution in [2.45, 2.75) is 51.5 Å². The van der Waals surface area contributed by atoms with Gasteiger partial charge in [-0.3, -0.25) is 23.9 Å². The molecule has 0 radical (unpaired) electrons. The molecule has 1 aliphatic rings. The van der Waals surface area contributed by atoms with Gasteiger partial charge in [-0.1, -0.05) is 39.3 Å². The van der Waals surface area contributed by atoms with E-state index in [0.717, 1.165) is 17.0 Å². The second-order valence-corrected chi connectivity index (χ2v) is 9.47. The van der Waals surface area contributed by atoms with Crippen LogP contribution in [0.2, 0.25) is 0 Å². The molecule has 9 nitrogen and oxygen atoms in total. The summed E-state index contributed by atoms with van der Waals surface area (Å²) in [5.74, 6) is 0.0370. The molecule has 2 heterocycles. The quantitative estimate of drug-likeness (QED) is 0.577. The molecule has 0 aliphatic carbocycles. The molecule has 1 aromatic carbocycles. The number of amides is 2. The number of hydrogen-bond acceptors (Lipinski definition) is 6. The molecule has 3 N–H and O–H groups in total.